The summed E-state index contributed by atoms with van der Waals surface area (Å²) in [5.74, 6) is 1.49. The van der Waals surface area contributed by atoms with Gasteiger partial charge < -0.3 is 0 Å². The normalized spacial score (nSPS) is 18.2. The van der Waals surface area contributed by atoms with Crippen molar-refractivity contribution in [3.63, 3.8) is 0 Å². The molecule has 2 fully saturated rings. The third-order valence-corrected chi connectivity index (χ3v) is 8.27. The molecule has 2 aliphatic carbocycles. The molecule has 0 saturated heterocycles. The Balaban J connectivity index is 0.000000437. The third-order valence-electron chi connectivity index (χ3n) is 4.66. The molecule has 0 aliphatic heterocycles. The van der Waals surface area contributed by atoms with Crippen molar-refractivity contribution in [3.8, 4) is 0 Å². The van der Waals surface area contributed by atoms with Gasteiger partial charge >= 0.3 is 17.1 Å². The zero-order valence-electron chi connectivity index (χ0n) is 16.9. The molecule has 2 aliphatic rings. The number of hydrogen-bond acceptors (Lipinski definition) is 1. The Bertz CT molecular complexity index is 612. The SMILES string of the molecule is CS[C]1[CH][CH][CH][C]1C[C@@H](C)P(c1ccccc1)c1ccccc1.[CH]1[CH][CH][CH][CH]1.[Fe+2]. The zero-order valence-corrected chi connectivity index (χ0v) is 19.7. The van der Waals surface area contributed by atoms with E-state index in [0.717, 1.165) is 6.42 Å². The first-order valence-corrected chi connectivity index (χ1v) is 12.3. The summed E-state index contributed by atoms with van der Waals surface area (Å²) in [5, 5.41) is 4.37. The second kappa shape index (κ2) is 13.9. The monoisotopic (exact) mass is 458 g/mol. The van der Waals surface area contributed by atoms with Crippen molar-refractivity contribution in [3.05, 3.63) is 123 Å². The van der Waals surface area contributed by atoms with Gasteiger partial charge in [-0.3, -0.25) is 0 Å². The van der Waals surface area contributed by atoms with Gasteiger partial charge in [0.2, 0.25) is 0 Å². The van der Waals surface area contributed by atoms with Crippen LogP contribution in [0.4, 0.5) is 0 Å². The quantitative estimate of drug-likeness (QED) is 0.377. The van der Waals surface area contributed by atoms with Crippen LogP contribution in [0.2, 0.25) is 0 Å². The van der Waals surface area contributed by atoms with Crippen LogP contribution >= 0.6 is 19.7 Å². The van der Waals surface area contributed by atoms with Crippen molar-refractivity contribution >= 4 is 30.3 Å². The van der Waals surface area contributed by atoms with Gasteiger partial charge in [0.1, 0.15) is 0 Å². The Morgan fingerprint density at radius 2 is 1.21 bits per heavy atom. The summed E-state index contributed by atoms with van der Waals surface area (Å²) in [6.07, 6.45) is 20.0. The van der Waals surface area contributed by atoms with E-state index in [4.69, 9.17) is 0 Å². The number of hydrogen-bond donors (Lipinski definition) is 0. The van der Waals surface area contributed by atoms with Gasteiger partial charge in [0.05, 0.1) is 0 Å². The number of thioether (sulfide) groups is 1. The maximum absolute atomic E-state index is 2.41. The summed E-state index contributed by atoms with van der Waals surface area (Å²) in [6, 6.07) is 22.0. The van der Waals surface area contributed by atoms with Crippen LogP contribution in [-0.2, 0) is 17.1 Å². The molecule has 0 amide bonds. The van der Waals surface area contributed by atoms with Gasteiger partial charge in [-0.05, 0) is 94.2 Å². The van der Waals surface area contributed by atoms with Crippen LogP contribution in [0.5, 0.6) is 0 Å². The fraction of sp³-hybridized carbons (Fsp3) is 0.154. The molecule has 1 atom stereocenters. The van der Waals surface area contributed by atoms with Crippen LogP contribution in [0.15, 0.2) is 60.7 Å². The predicted molar refractivity (Wildman–Crippen MR) is 128 cm³/mol. The van der Waals surface area contributed by atoms with E-state index in [1.54, 1.807) is 0 Å². The molecule has 2 aromatic carbocycles. The summed E-state index contributed by atoms with van der Waals surface area (Å²) in [5.41, 5.74) is 0.614. The van der Waals surface area contributed by atoms with Crippen LogP contribution in [-0.4, -0.2) is 11.9 Å². The van der Waals surface area contributed by atoms with Crippen molar-refractivity contribution in [1.82, 2.24) is 0 Å². The number of rotatable bonds is 6. The predicted octanol–water partition coefficient (Wildman–Crippen LogP) is 6.01. The van der Waals surface area contributed by atoms with Crippen LogP contribution in [0.25, 0.3) is 0 Å². The van der Waals surface area contributed by atoms with Gasteiger partial charge in [-0.2, -0.15) is 11.8 Å². The van der Waals surface area contributed by atoms with Crippen LogP contribution in [0.1, 0.15) is 13.3 Å². The standard InChI is InChI=1S/C21H22PS.C5H5.Fe/c1-17(16-18-10-9-15-21(18)23-2)22(19-11-5-3-6-12-19)20-13-7-4-8-14-20;1-2-4-5-3-1;/h3-15,17H,16H2,1-2H3;1-5H;/q;;+2/t17-;;/m1../s1. The Morgan fingerprint density at radius 3 is 1.66 bits per heavy atom. The molecule has 2 saturated carbocycles. The minimum absolute atomic E-state index is 0. The largest absolute Gasteiger partial charge is 2.00 e. The van der Waals surface area contributed by atoms with Gasteiger partial charge in [0.25, 0.3) is 0 Å². The van der Waals surface area contributed by atoms with E-state index < -0.39 is 0 Å². The van der Waals surface area contributed by atoms with Crippen molar-refractivity contribution < 1.29 is 17.1 Å². The average Bonchev–Trinajstić information content (AvgIpc) is 3.45. The molecule has 3 heteroatoms. The molecule has 4 rings (SSSR count). The second-order valence-electron chi connectivity index (χ2n) is 6.68. The Hall–Kier alpha value is -0.261. The van der Waals surface area contributed by atoms with Gasteiger partial charge in [0, 0.05) is 5.25 Å². The van der Waals surface area contributed by atoms with Gasteiger partial charge in [-0.1, -0.05) is 67.6 Å². The maximum Gasteiger partial charge on any atom is 2.00 e. The van der Waals surface area contributed by atoms with Gasteiger partial charge in [-0.25, -0.2) is 0 Å². The third kappa shape index (κ3) is 7.74. The first kappa shape index (κ1) is 25.0. The number of benzene rings is 2. The molecule has 2 aromatic rings. The maximum atomic E-state index is 2.41. The average molecular weight is 458 g/mol. The Labute approximate surface area is 195 Å². The van der Waals surface area contributed by atoms with E-state index in [-0.39, 0.29) is 25.0 Å². The fourth-order valence-corrected chi connectivity index (χ4v) is 6.68. The van der Waals surface area contributed by atoms with E-state index >= 15 is 0 Å². The van der Waals surface area contributed by atoms with Crippen molar-refractivity contribution in [2.24, 2.45) is 0 Å². The summed E-state index contributed by atoms with van der Waals surface area (Å²) in [7, 11) is -0.344. The fourth-order valence-electron chi connectivity index (χ4n) is 3.37. The zero-order chi connectivity index (χ0) is 19.6. The molecule has 148 valence electrons. The summed E-state index contributed by atoms with van der Waals surface area (Å²) in [6.45, 7) is 2.41. The second-order valence-corrected chi connectivity index (χ2v) is 10.2. The van der Waals surface area contributed by atoms with Crippen LogP contribution in [0.3, 0.4) is 0 Å². The minimum Gasteiger partial charge on any atom is -0.156 e. The molecule has 29 heavy (non-hydrogen) atoms. The first-order valence-electron chi connectivity index (χ1n) is 9.64. The van der Waals surface area contributed by atoms with Crippen molar-refractivity contribution in [1.29, 1.82) is 0 Å². The molecule has 0 spiro atoms. The van der Waals surface area contributed by atoms with E-state index in [2.05, 4.69) is 93.1 Å². The summed E-state index contributed by atoms with van der Waals surface area (Å²) >= 11 is 1.85. The molecular formula is C26H27FePS+2. The van der Waals surface area contributed by atoms with Crippen LogP contribution in [0, 0.1) is 62.5 Å². The first-order chi connectivity index (χ1) is 13.8. The van der Waals surface area contributed by atoms with Crippen molar-refractivity contribution in [2.75, 3.05) is 6.26 Å². The topological polar surface area (TPSA) is 0 Å². The molecular weight excluding hydrogens is 431 g/mol. The molecule has 0 heterocycles. The summed E-state index contributed by atoms with van der Waals surface area (Å²) < 4.78 is 0. The minimum atomic E-state index is -0.344. The van der Waals surface area contributed by atoms with Crippen molar-refractivity contribution in [2.45, 2.75) is 19.0 Å². The van der Waals surface area contributed by atoms with E-state index in [1.165, 1.54) is 21.8 Å². The van der Waals surface area contributed by atoms with Gasteiger partial charge in [0.15, 0.2) is 0 Å². The van der Waals surface area contributed by atoms with E-state index in [0.29, 0.717) is 5.66 Å². The van der Waals surface area contributed by atoms with Gasteiger partial charge in [-0.15, -0.1) is 0 Å². The summed E-state index contributed by atoms with van der Waals surface area (Å²) in [4.78, 5) is 0. The molecule has 10 radical (unpaired) electrons. The van der Waals surface area contributed by atoms with E-state index in [1.807, 2.05) is 43.9 Å². The Morgan fingerprint density at radius 1 is 0.724 bits per heavy atom. The molecule has 0 aromatic heterocycles. The molecule has 0 unspecified atom stereocenters. The molecule has 0 nitrogen and oxygen atoms in total. The smallest absolute Gasteiger partial charge is 0.156 e. The molecule has 0 N–H and O–H groups in total. The molecule has 0 bridgehead atoms. The Kier molecular flexibility index (Phi) is 12.0. The van der Waals surface area contributed by atoms with E-state index in [9.17, 15) is 0 Å². The van der Waals surface area contributed by atoms with Crippen LogP contribution < -0.4 is 10.6 Å².